The number of rotatable bonds is 9. The molecule has 23 heavy (non-hydrogen) atoms. The fourth-order valence-corrected chi connectivity index (χ4v) is 3.45. The van der Waals surface area contributed by atoms with Gasteiger partial charge in [0.25, 0.3) is 0 Å². The first-order valence-corrected chi connectivity index (χ1v) is 9.83. The Morgan fingerprint density at radius 2 is 1.78 bits per heavy atom. The van der Waals surface area contributed by atoms with Crippen molar-refractivity contribution in [1.29, 1.82) is 0 Å². The molecule has 0 unspecified atom stereocenters. The van der Waals surface area contributed by atoms with Crippen molar-refractivity contribution in [3.63, 3.8) is 0 Å². The Kier molecular flexibility index (Phi) is 8.45. The molecule has 1 aromatic rings. The quantitative estimate of drug-likeness (QED) is 0.657. The highest BCUT2D eigenvalue weighted by atomic mass is 32.2. The third-order valence-corrected chi connectivity index (χ3v) is 5.77. The van der Waals surface area contributed by atoms with E-state index < -0.39 is 17.1 Å². The molecule has 3 nitrogen and oxygen atoms in total. The number of benzene rings is 1. The van der Waals surface area contributed by atoms with E-state index in [2.05, 4.69) is 11.6 Å². The molecule has 0 saturated heterocycles. The van der Waals surface area contributed by atoms with Crippen LogP contribution in [0.25, 0.3) is 0 Å². The van der Waals surface area contributed by atoms with E-state index in [1.165, 1.54) is 0 Å². The zero-order valence-electron chi connectivity index (χ0n) is 15.2. The standard InChI is InChI=1S/C19H33NO2S/c1-6-7-9-14-17(21)15(2)18(16-12-10-8-11-13-16)20-23(22)19(3,4)5/h8,10-13,15,17-18,20-21H,6-7,9,14H2,1-5H3/t15-,17-,18+,23-/m0/s1. The molecule has 132 valence electrons. The molecule has 2 N–H and O–H groups in total. The zero-order valence-corrected chi connectivity index (χ0v) is 16.0. The topological polar surface area (TPSA) is 49.3 Å². The van der Waals surface area contributed by atoms with Crippen molar-refractivity contribution in [1.82, 2.24) is 4.72 Å². The van der Waals surface area contributed by atoms with Crippen molar-refractivity contribution in [2.75, 3.05) is 0 Å². The minimum atomic E-state index is -1.17. The van der Waals surface area contributed by atoms with Crippen LogP contribution in [0.4, 0.5) is 0 Å². The lowest BCUT2D eigenvalue weighted by Gasteiger charge is -2.31. The van der Waals surface area contributed by atoms with Crippen LogP contribution in [0.1, 0.15) is 71.9 Å². The fourth-order valence-electron chi connectivity index (χ4n) is 2.52. The van der Waals surface area contributed by atoms with Crippen molar-refractivity contribution < 1.29 is 9.32 Å². The third-order valence-electron chi connectivity index (χ3n) is 4.19. The van der Waals surface area contributed by atoms with Crippen molar-refractivity contribution in [3.8, 4) is 0 Å². The maximum Gasteiger partial charge on any atom is 0.0976 e. The van der Waals surface area contributed by atoms with Crippen LogP contribution < -0.4 is 4.72 Å². The minimum Gasteiger partial charge on any atom is -0.393 e. The van der Waals surface area contributed by atoms with Gasteiger partial charge in [-0.2, -0.15) is 0 Å². The Bertz CT molecular complexity index is 470. The van der Waals surface area contributed by atoms with Crippen LogP contribution in [0.5, 0.6) is 0 Å². The molecule has 0 aliphatic rings. The first-order chi connectivity index (χ1) is 10.8. The number of nitrogens with one attached hydrogen (secondary N) is 1. The number of aliphatic hydroxyl groups excluding tert-OH is 1. The van der Waals surface area contributed by atoms with Crippen LogP contribution in [0.3, 0.4) is 0 Å². The molecule has 0 fully saturated rings. The predicted octanol–water partition coefficient (Wildman–Crippen LogP) is 4.36. The zero-order chi connectivity index (χ0) is 17.5. The molecule has 0 bridgehead atoms. The van der Waals surface area contributed by atoms with E-state index in [9.17, 15) is 9.32 Å². The van der Waals surface area contributed by atoms with Gasteiger partial charge in [0.15, 0.2) is 0 Å². The molecule has 4 atom stereocenters. The number of aliphatic hydroxyl groups is 1. The molecule has 1 rings (SSSR count). The summed E-state index contributed by atoms with van der Waals surface area (Å²) < 4.78 is 15.5. The molecule has 1 aromatic carbocycles. The van der Waals surface area contributed by atoms with Gasteiger partial charge >= 0.3 is 0 Å². The van der Waals surface area contributed by atoms with E-state index in [1.807, 2.05) is 58.0 Å². The van der Waals surface area contributed by atoms with Crippen LogP contribution in [-0.2, 0) is 11.0 Å². The average Bonchev–Trinajstić information content (AvgIpc) is 2.51. The summed E-state index contributed by atoms with van der Waals surface area (Å²) in [5.41, 5.74) is 1.08. The van der Waals surface area contributed by atoms with E-state index in [0.717, 1.165) is 31.2 Å². The Balaban J connectivity index is 2.89. The fraction of sp³-hybridized carbons (Fsp3) is 0.684. The summed E-state index contributed by atoms with van der Waals surface area (Å²) in [6.07, 6.45) is 3.72. The van der Waals surface area contributed by atoms with Gasteiger partial charge in [-0.25, -0.2) is 8.93 Å². The average molecular weight is 340 g/mol. The summed E-state index contributed by atoms with van der Waals surface area (Å²) in [4.78, 5) is 0. The van der Waals surface area contributed by atoms with Crippen LogP contribution in [0.15, 0.2) is 30.3 Å². The summed E-state index contributed by atoms with van der Waals surface area (Å²) in [7, 11) is -1.17. The van der Waals surface area contributed by atoms with Gasteiger partial charge in [-0.15, -0.1) is 0 Å². The Hall–Kier alpha value is -0.710. The van der Waals surface area contributed by atoms with Gasteiger partial charge in [0.1, 0.15) is 0 Å². The first kappa shape index (κ1) is 20.3. The van der Waals surface area contributed by atoms with E-state index in [4.69, 9.17) is 0 Å². The minimum absolute atomic E-state index is 0.000515. The van der Waals surface area contributed by atoms with Crippen LogP contribution in [0.2, 0.25) is 0 Å². The highest BCUT2D eigenvalue weighted by Crippen LogP contribution is 2.28. The lowest BCUT2D eigenvalue weighted by molar-refractivity contribution is 0.0881. The lowest BCUT2D eigenvalue weighted by Crippen LogP contribution is -2.40. The second kappa shape index (κ2) is 9.55. The number of unbranched alkanes of at least 4 members (excludes halogenated alkanes) is 2. The van der Waals surface area contributed by atoms with Gasteiger partial charge in [-0.05, 0) is 32.8 Å². The summed E-state index contributed by atoms with van der Waals surface area (Å²) in [5, 5.41) is 10.6. The van der Waals surface area contributed by atoms with Crippen molar-refractivity contribution >= 4 is 11.0 Å². The lowest BCUT2D eigenvalue weighted by atomic mass is 9.88. The van der Waals surface area contributed by atoms with E-state index in [-0.39, 0.29) is 16.7 Å². The molecule has 4 heteroatoms. The molecule has 0 aliphatic carbocycles. The maximum atomic E-state index is 12.6. The van der Waals surface area contributed by atoms with Gasteiger partial charge < -0.3 is 5.11 Å². The molecule has 0 saturated carbocycles. The highest BCUT2D eigenvalue weighted by molar-refractivity contribution is 7.84. The Morgan fingerprint density at radius 1 is 1.17 bits per heavy atom. The van der Waals surface area contributed by atoms with Crippen LogP contribution >= 0.6 is 0 Å². The molecule has 0 amide bonds. The second-order valence-electron chi connectivity index (χ2n) is 7.31. The van der Waals surface area contributed by atoms with Crippen LogP contribution in [-0.4, -0.2) is 20.2 Å². The largest absolute Gasteiger partial charge is 0.393 e. The summed E-state index contributed by atoms with van der Waals surface area (Å²) in [6, 6.07) is 9.90. The number of hydrogen-bond donors (Lipinski definition) is 2. The van der Waals surface area contributed by atoms with Gasteiger partial charge in [0.05, 0.1) is 21.8 Å². The Morgan fingerprint density at radius 3 is 2.30 bits per heavy atom. The Labute approximate surface area is 144 Å². The van der Waals surface area contributed by atoms with Crippen molar-refractivity contribution in [2.24, 2.45) is 5.92 Å². The second-order valence-corrected chi connectivity index (χ2v) is 9.31. The summed E-state index contributed by atoms with van der Waals surface area (Å²) in [6.45, 7) is 10.1. The normalized spacial score (nSPS) is 17.5. The van der Waals surface area contributed by atoms with E-state index in [0.29, 0.717) is 0 Å². The summed E-state index contributed by atoms with van der Waals surface area (Å²) in [5.74, 6) is 0.000515. The number of hydrogen-bond acceptors (Lipinski definition) is 2. The van der Waals surface area contributed by atoms with Gasteiger partial charge in [-0.1, -0.05) is 63.4 Å². The predicted molar refractivity (Wildman–Crippen MR) is 99.5 cm³/mol. The van der Waals surface area contributed by atoms with Crippen LogP contribution in [0, 0.1) is 5.92 Å². The van der Waals surface area contributed by atoms with Gasteiger partial charge in [-0.3, -0.25) is 0 Å². The first-order valence-electron chi connectivity index (χ1n) is 8.68. The molecule has 0 aromatic heterocycles. The third kappa shape index (κ3) is 6.74. The van der Waals surface area contributed by atoms with Crippen molar-refractivity contribution in [2.45, 2.75) is 77.2 Å². The van der Waals surface area contributed by atoms with Gasteiger partial charge in [0.2, 0.25) is 0 Å². The monoisotopic (exact) mass is 339 g/mol. The molecular weight excluding hydrogens is 306 g/mol. The SMILES string of the molecule is CCCCC[C@H](O)[C@H](C)[C@@H](N[S@@](=O)C(C)(C)C)c1ccccc1. The molecule has 0 spiro atoms. The highest BCUT2D eigenvalue weighted by Gasteiger charge is 2.30. The van der Waals surface area contributed by atoms with Gasteiger partial charge in [0, 0.05) is 12.0 Å². The molecule has 0 radical (unpaired) electrons. The van der Waals surface area contributed by atoms with E-state index >= 15 is 0 Å². The molecule has 0 heterocycles. The molecular formula is C19H33NO2S. The maximum absolute atomic E-state index is 12.6. The smallest absolute Gasteiger partial charge is 0.0976 e. The van der Waals surface area contributed by atoms with Crippen molar-refractivity contribution in [3.05, 3.63) is 35.9 Å². The van der Waals surface area contributed by atoms with E-state index in [1.54, 1.807) is 0 Å². The summed E-state index contributed by atoms with van der Waals surface area (Å²) >= 11 is 0. The molecule has 0 aliphatic heterocycles.